The molecule has 2 amide bonds. The molecule has 1 aromatic carbocycles. The van der Waals surface area contributed by atoms with E-state index in [1.165, 1.54) is 4.68 Å². The van der Waals surface area contributed by atoms with Gasteiger partial charge in [-0.05, 0) is 44.9 Å². The SMILES string of the molecule is Cc1ccc(C)c(NC(=O)C(C)n2nnc(C(N)=O)c2C)c1. The number of aryl methyl sites for hydroxylation is 2. The van der Waals surface area contributed by atoms with E-state index in [2.05, 4.69) is 15.6 Å². The first-order valence-electron chi connectivity index (χ1n) is 6.91. The number of primary amides is 1. The molecule has 1 heterocycles. The minimum Gasteiger partial charge on any atom is -0.364 e. The number of benzene rings is 1. The predicted molar refractivity (Wildman–Crippen MR) is 82.5 cm³/mol. The molecular weight excluding hydrogens is 282 g/mol. The number of anilines is 1. The zero-order chi connectivity index (χ0) is 16.4. The Morgan fingerprint density at radius 3 is 2.55 bits per heavy atom. The van der Waals surface area contributed by atoms with Gasteiger partial charge in [0.25, 0.3) is 5.91 Å². The Balaban J connectivity index is 2.22. The molecular formula is C15H19N5O2. The van der Waals surface area contributed by atoms with Crippen LogP contribution in [0.4, 0.5) is 5.69 Å². The summed E-state index contributed by atoms with van der Waals surface area (Å²) in [6.07, 6.45) is 0. The van der Waals surface area contributed by atoms with Crippen LogP contribution in [0.3, 0.4) is 0 Å². The Labute approximate surface area is 128 Å². The van der Waals surface area contributed by atoms with Crippen molar-refractivity contribution in [2.24, 2.45) is 5.73 Å². The highest BCUT2D eigenvalue weighted by Crippen LogP contribution is 2.19. The number of carbonyl (C=O) groups is 2. The second-order valence-corrected chi connectivity index (χ2v) is 5.32. The highest BCUT2D eigenvalue weighted by Gasteiger charge is 2.22. The number of aromatic nitrogens is 3. The second kappa shape index (κ2) is 5.97. The summed E-state index contributed by atoms with van der Waals surface area (Å²) in [6, 6.07) is 5.22. The quantitative estimate of drug-likeness (QED) is 0.893. The van der Waals surface area contributed by atoms with E-state index in [0.717, 1.165) is 16.8 Å². The fourth-order valence-electron chi connectivity index (χ4n) is 2.16. The van der Waals surface area contributed by atoms with E-state index in [0.29, 0.717) is 5.69 Å². The number of nitrogens with zero attached hydrogens (tertiary/aromatic N) is 3. The van der Waals surface area contributed by atoms with Crippen LogP contribution in [0, 0.1) is 20.8 Å². The van der Waals surface area contributed by atoms with Crippen molar-refractivity contribution in [1.82, 2.24) is 15.0 Å². The van der Waals surface area contributed by atoms with Crippen molar-refractivity contribution in [3.63, 3.8) is 0 Å². The molecule has 7 nitrogen and oxygen atoms in total. The third kappa shape index (κ3) is 2.98. The molecule has 0 saturated heterocycles. The lowest BCUT2D eigenvalue weighted by Crippen LogP contribution is -2.26. The normalized spacial score (nSPS) is 12.0. The molecule has 116 valence electrons. The number of hydrogen-bond acceptors (Lipinski definition) is 4. The Morgan fingerprint density at radius 1 is 1.27 bits per heavy atom. The third-order valence-corrected chi connectivity index (χ3v) is 3.56. The fourth-order valence-corrected chi connectivity index (χ4v) is 2.16. The summed E-state index contributed by atoms with van der Waals surface area (Å²) < 4.78 is 1.39. The van der Waals surface area contributed by atoms with Gasteiger partial charge in [0.15, 0.2) is 5.69 Å². The zero-order valence-corrected chi connectivity index (χ0v) is 13.0. The van der Waals surface area contributed by atoms with Gasteiger partial charge in [-0.1, -0.05) is 17.3 Å². The van der Waals surface area contributed by atoms with Gasteiger partial charge in [-0.25, -0.2) is 4.68 Å². The van der Waals surface area contributed by atoms with E-state index in [1.54, 1.807) is 13.8 Å². The molecule has 1 atom stereocenters. The maximum absolute atomic E-state index is 12.4. The molecule has 2 aromatic rings. The molecule has 2 rings (SSSR count). The van der Waals surface area contributed by atoms with E-state index in [4.69, 9.17) is 5.73 Å². The summed E-state index contributed by atoms with van der Waals surface area (Å²) in [7, 11) is 0. The number of nitrogens with one attached hydrogen (secondary N) is 1. The van der Waals surface area contributed by atoms with Gasteiger partial charge in [-0.2, -0.15) is 0 Å². The van der Waals surface area contributed by atoms with Crippen LogP contribution in [0.1, 0.15) is 40.3 Å². The fraction of sp³-hybridized carbons (Fsp3) is 0.333. The van der Waals surface area contributed by atoms with Gasteiger partial charge in [-0.15, -0.1) is 5.10 Å². The molecule has 0 fully saturated rings. The van der Waals surface area contributed by atoms with Crippen LogP contribution in [0.5, 0.6) is 0 Å². The van der Waals surface area contributed by atoms with Crippen LogP contribution >= 0.6 is 0 Å². The monoisotopic (exact) mass is 301 g/mol. The molecule has 0 saturated carbocycles. The topological polar surface area (TPSA) is 103 Å². The highest BCUT2D eigenvalue weighted by atomic mass is 16.2. The largest absolute Gasteiger partial charge is 0.364 e. The van der Waals surface area contributed by atoms with Crippen molar-refractivity contribution >= 4 is 17.5 Å². The minimum atomic E-state index is -0.661. The lowest BCUT2D eigenvalue weighted by molar-refractivity contribution is -0.119. The van der Waals surface area contributed by atoms with Crippen molar-refractivity contribution in [2.75, 3.05) is 5.32 Å². The van der Waals surface area contributed by atoms with Gasteiger partial charge < -0.3 is 11.1 Å². The Hall–Kier alpha value is -2.70. The van der Waals surface area contributed by atoms with Crippen molar-refractivity contribution in [1.29, 1.82) is 0 Å². The Kier molecular flexibility index (Phi) is 4.25. The first-order valence-corrected chi connectivity index (χ1v) is 6.91. The van der Waals surface area contributed by atoms with Crippen molar-refractivity contribution < 1.29 is 9.59 Å². The summed E-state index contributed by atoms with van der Waals surface area (Å²) >= 11 is 0. The standard InChI is InChI=1S/C15H19N5O2/c1-8-5-6-9(2)12(7-8)17-15(22)11(4)20-10(3)13(14(16)21)18-19-20/h5-7,11H,1-4H3,(H2,16,21)(H,17,22). The molecule has 0 radical (unpaired) electrons. The van der Waals surface area contributed by atoms with E-state index in [9.17, 15) is 9.59 Å². The molecule has 0 bridgehead atoms. The number of nitrogens with two attached hydrogens (primary N) is 1. The van der Waals surface area contributed by atoms with Gasteiger partial charge in [0.05, 0.1) is 5.69 Å². The molecule has 0 aliphatic carbocycles. The van der Waals surface area contributed by atoms with Gasteiger partial charge in [-0.3, -0.25) is 9.59 Å². The molecule has 0 aliphatic heterocycles. The zero-order valence-electron chi connectivity index (χ0n) is 13.0. The number of carbonyl (C=O) groups excluding carboxylic acids is 2. The summed E-state index contributed by atoms with van der Waals surface area (Å²) in [5, 5.41) is 10.4. The molecule has 0 spiro atoms. The molecule has 0 aliphatic rings. The first kappa shape index (κ1) is 15.7. The third-order valence-electron chi connectivity index (χ3n) is 3.56. The summed E-state index contributed by atoms with van der Waals surface area (Å²) in [5.74, 6) is -0.899. The van der Waals surface area contributed by atoms with Gasteiger partial charge in [0, 0.05) is 5.69 Å². The average molecular weight is 301 g/mol. The second-order valence-electron chi connectivity index (χ2n) is 5.32. The molecule has 3 N–H and O–H groups in total. The molecule has 22 heavy (non-hydrogen) atoms. The van der Waals surface area contributed by atoms with Crippen molar-refractivity contribution in [2.45, 2.75) is 33.7 Å². The molecule has 1 unspecified atom stereocenters. The van der Waals surface area contributed by atoms with Crippen molar-refractivity contribution in [3.8, 4) is 0 Å². The summed E-state index contributed by atoms with van der Waals surface area (Å²) in [6.45, 7) is 7.22. The van der Waals surface area contributed by atoms with E-state index < -0.39 is 11.9 Å². The maximum Gasteiger partial charge on any atom is 0.271 e. The Bertz CT molecular complexity index is 736. The summed E-state index contributed by atoms with van der Waals surface area (Å²) in [5.41, 5.74) is 8.54. The van der Waals surface area contributed by atoms with Crippen LogP contribution in [-0.2, 0) is 4.79 Å². The van der Waals surface area contributed by atoms with Gasteiger partial charge in [0.2, 0.25) is 5.91 Å². The van der Waals surface area contributed by atoms with Crippen LogP contribution in [0.25, 0.3) is 0 Å². The average Bonchev–Trinajstić information content (AvgIpc) is 2.83. The first-order chi connectivity index (χ1) is 10.3. The molecule has 1 aromatic heterocycles. The van der Waals surface area contributed by atoms with Crippen LogP contribution in [0.2, 0.25) is 0 Å². The highest BCUT2D eigenvalue weighted by molar-refractivity contribution is 5.95. The van der Waals surface area contributed by atoms with Gasteiger partial charge in [0.1, 0.15) is 6.04 Å². The lowest BCUT2D eigenvalue weighted by Gasteiger charge is -2.15. The summed E-state index contributed by atoms with van der Waals surface area (Å²) in [4.78, 5) is 23.6. The van der Waals surface area contributed by atoms with Gasteiger partial charge >= 0.3 is 0 Å². The van der Waals surface area contributed by atoms with Crippen LogP contribution in [0.15, 0.2) is 18.2 Å². The number of rotatable bonds is 4. The Morgan fingerprint density at radius 2 is 1.95 bits per heavy atom. The molecule has 7 heteroatoms. The van der Waals surface area contributed by atoms with Crippen LogP contribution in [-0.4, -0.2) is 26.8 Å². The smallest absolute Gasteiger partial charge is 0.271 e. The van der Waals surface area contributed by atoms with Crippen LogP contribution < -0.4 is 11.1 Å². The minimum absolute atomic E-state index is 0.0754. The van der Waals surface area contributed by atoms with E-state index in [1.807, 2.05) is 32.0 Å². The van der Waals surface area contributed by atoms with Crippen molar-refractivity contribution in [3.05, 3.63) is 40.7 Å². The number of hydrogen-bond donors (Lipinski definition) is 2. The van der Waals surface area contributed by atoms with E-state index >= 15 is 0 Å². The lowest BCUT2D eigenvalue weighted by atomic mass is 10.1. The van der Waals surface area contributed by atoms with E-state index in [-0.39, 0.29) is 11.6 Å². The predicted octanol–water partition coefficient (Wildman–Crippen LogP) is 1.50. The number of amides is 2. The maximum atomic E-state index is 12.4.